The van der Waals surface area contributed by atoms with Crippen molar-refractivity contribution in [2.45, 2.75) is 277 Å². The minimum atomic E-state index is -0.850. The van der Waals surface area contributed by atoms with E-state index >= 15 is 0 Å². The zero-order valence-electron chi connectivity index (χ0n) is 52.7. The van der Waals surface area contributed by atoms with Crippen LogP contribution in [0.3, 0.4) is 0 Å². The van der Waals surface area contributed by atoms with Gasteiger partial charge in [-0.25, -0.2) is 0 Å². The summed E-state index contributed by atoms with van der Waals surface area (Å²) in [6, 6.07) is 0. The molecular weight excluding hydrogens is 1010 g/mol. The van der Waals surface area contributed by atoms with Crippen molar-refractivity contribution in [3.05, 3.63) is 170 Å². The van der Waals surface area contributed by atoms with E-state index in [2.05, 4.69) is 179 Å². The summed E-state index contributed by atoms with van der Waals surface area (Å²) in [7, 11) is 0. The van der Waals surface area contributed by atoms with Crippen molar-refractivity contribution in [3.63, 3.8) is 0 Å². The first-order valence-electron chi connectivity index (χ1n) is 33.1. The molecule has 0 rings (SSSR count). The van der Waals surface area contributed by atoms with Gasteiger partial charge in [-0.15, -0.1) is 0 Å². The fourth-order valence-electron chi connectivity index (χ4n) is 8.64. The van der Waals surface area contributed by atoms with E-state index in [9.17, 15) is 14.4 Å². The van der Waals surface area contributed by atoms with Crippen LogP contribution in [0.1, 0.15) is 271 Å². The summed E-state index contributed by atoms with van der Waals surface area (Å²) in [5.74, 6) is -1.13. The maximum atomic E-state index is 12.9. The molecule has 0 amide bonds. The largest absolute Gasteiger partial charge is 0.462 e. The number of carbonyl (C=O) groups is 3. The van der Waals surface area contributed by atoms with Crippen molar-refractivity contribution in [3.8, 4) is 0 Å². The van der Waals surface area contributed by atoms with Gasteiger partial charge in [-0.2, -0.15) is 0 Å². The molecule has 0 aromatic heterocycles. The first-order chi connectivity index (χ1) is 40.5. The topological polar surface area (TPSA) is 78.9 Å². The van der Waals surface area contributed by atoms with E-state index in [0.717, 1.165) is 116 Å². The highest BCUT2D eigenvalue weighted by atomic mass is 16.6. The zero-order valence-corrected chi connectivity index (χ0v) is 52.7. The Morgan fingerprint density at radius 2 is 0.524 bits per heavy atom. The molecule has 82 heavy (non-hydrogen) atoms. The van der Waals surface area contributed by atoms with Crippen LogP contribution in [0.5, 0.6) is 0 Å². The number of hydrogen-bond donors (Lipinski definition) is 0. The molecule has 0 aliphatic carbocycles. The maximum absolute atomic E-state index is 12.9. The van der Waals surface area contributed by atoms with Gasteiger partial charge in [0.25, 0.3) is 0 Å². The van der Waals surface area contributed by atoms with Crippen molar-refractivity contribution in [2.75, 3.05) is 13.2 Å². The lowest BCUT2D eigenvalue weighted by Gasteiger charge is -2.18. The smallest absolute Gasteiger partial charge is 0.309 e. The second-order valence-corrected chi connectivity index (χ2v) is 21.3. The van der Waals surface area contributed by atoms with Crippen LogP contribution in [-0.2, 0) is 28.6 Å². The van der Waals surface area contributed by atoms with Crippen molar-refractivity contribution < 1.29 is 28.6 Å². The Bertz CT molecular complexity index is 1870. The third kappa shape index (κ3) is 65.6. The number of hydrogen-bond acceptors (Lipinski definition) is 6. The molecule has 0 spiro atoms. The van der Waals surface area contributed by atoms with E-state index in [1.807, 2.05) is 6.08 Å². The Kier molecular flexibility index (Phi) is 63.9. The maximum Gasteiger partial charge on any atom is 0.309 e. The van der Waals surface area contributed by atoms with Crippen LogP contribution in [0.25, 0.3) is 0 Å². The fraction of sp³-hybridized carbons (Fsp3) is 0.592. The molecule has 0 N–H and O–H groups in total. The lowest BCUT2D eigenvalue weighted by Crippen LogP contribution is -2.30. The molecule has 0 aliphatic rings. The van der Waals surface area contributed by atoms with Crippen molar-refractivity contribution in [1.82, 2.24) is 0 Å². The lowest BCUT2D eigenvalue weighted by molar-refractivity contribution is -0.166. The molecule has 0 saturated heterocycles. The first kappa shape index (κ1) is 76.8. The molecule has 0 aromatic carbocycles. The van der Waals surface area contributed by atoms with Crippen LogP contribution in [0, 0.1) is 0 Å². The molecule has 0 fully saturated rings. The minimum absolute atomic E-state index is 0.111. The van der Waals surface area contributed by atoms with Crippen LogP contribution in [-0.4, -0.2) is 37.2 Å². The van der Waals surface area contributed by atoms with Gasteiger partial charge in [0, 0.05) is 12.8 Å². The Morgan fingerprint density at radius 3 is 0.841 bits per heavy atom. The van der Waals surface area contributed by atoms with E-state index in [0.29, 0.717) is 12.8 Å². The summed E-state index contributed by atoms with van der Waals surface area (Å²) in [5, 5.41) is 0. The number of unbranched alkanes of at least 4 members (excludes halogenated alkanes) is 20. The average molecular weight is 1130 g/mol. The van der Waals surface area contributed by atoms with Gasteiger partial charge in [0.05, 0.1) is 6.42 Å². The van der Waals surface area contributed by atoms with Gasteiger partial charge in [-0.3, -0.25) is 14.4 Å². The fourth-order valence-corrected chi connectivity index (χ4v) is 8.64. The highest BCUT2D eigenvalue weighted by Gasteiger charge is 2.19. The van der Waals surface area contributed by atoms with Gasteiger partial charge in [0.1, 0.15) is 13.2 Å². The van der Waals surface area contributed by atoms with Crippen molar-refractivity contribution in [1.29, 1.82) is 0 Å². The molecule has 0 aliphatic heterocycles. The molecule has 0 saturated carbocycles. The van der Waals surface area contributed by atoms with E-state index in [1.165, 1.54) is 109 Å². The van der Waals surface area contributed by atoms with E-state index in [-0.39, 0.29) is 38.0 Å². The van der Waals surface area contributed by atoms with E-state index < -0.39 is 12.1 Å². The molecule has 6 heteroatoms. The predicted octanol–water partition coefficient (Wildman–Crippen LogP) is 23.0. The SMILES string of the molecule is CC/C=C\C/C=C\C/C=C\C/C=C\C/C=C\C/C=C\C/C=C\C/C=C\C/C=C\CCCC(=O)OCC(COC(=O)C/C=C\C/C=C\C/C=C\C/C=C\C/C=C\CC)OC(=O)CCCCCCCCCCCCCCCCCCCCCC. The van der Waals surface area contributed by atoms with Gasteiger partial charge >= 0.3 is 17.9 Å². The quantitative estimate of drug-likeness (QED) is 0.0261. The van der Waals surface area contributed by atoms with Gasteiger partial charge in [-0.1, -0.05) is 313 Å². The molecule has 0 heterocycles. The summed E-state index contributed by atoms with van der Waals surface area (Å²) < 4.78 is 16.8. The summed E-state index contributed by atoms with van der Waals surface area (Å²) in [5.41, 5.74) is 0. The van der Waals surface area contributed by atoms with Crippen molar-refractivity contribution >= 4 is 17.9 Å². The molecule has 6 nitrogen and oxygen atoms in total. The third-order valence-electron chi connectivity index (χ3n) is 13.5. The second-order valence-electron chi connectivity index (χ2n) is 21.3. The van der Waals surface area contributed by atoms with Gasteiger partial charge in [-0.05, 0) is 109 Å². The van der Waals surface area contributed by atoms with Crippen molar-refractivity contribution in [2.24, 2.45) is 0 Å². The van der Waals surface area contributed by atoms with Crippen LogP contribution in [0.2, 0.25) is 0 Å². The molecule has 1 unspecified atom stereocenters. The Labute approximate surface area is 504 Å². The monoisotopic (exact) mass is 1130 g/mol. The molecule has 0 aromatic rings. The normalized spacial score (nSPS) is 13.3. The Morgan fingerprint density at radius 1 is 0.268 bits per heavy atom. The summed E-state index contributed by atoms with van der Waals surface area (Å²) >= 11 is 0. The highest BCUT2D eigenvalue weighted by molar-refractivity contribution is 5.72. The number of esters is 3. The minimum Gasteiger partial charge on any atom is -0.462 e. The molecule has 460 valence electrons. The van der Waals surface area contributed by atoms with Crippen LogP contribution >= 0.6 is 0 Å². The molecule has 0 bridgehead atoms. The zero-order chi connectivity index (χ0) is 59.2. The number of rotatable bonds is 58. The van der Waals surface area contributed by atoms with Crippen LogP contribution in [0.15, 0.2) is 170 Å². The van der Waals surface area contributed by atoms with Crippen LogP contribution in [0.4, 0.5) is 0 Å². The molecule has 1 atom stereocenters. The summed E-state index contributed by atoms with van der Waals surface area (Å²) in [6.45, 7) is 6.29. The van der Waals surface area contributed by atoms with E-state index in [1.54, 1.807) is 6.08 Å². The van der Waals surface area contributed by atoms with Crippen LogP contribution < -0.4 is 0 Å². The van der Waals surface area contributed by atoms with Gasteiger partial charge in [0.2, 0.25) is 0 Å². The molecule has 0 radical (unpaired) electrons. The Hall–Kier alpha value is -5.23. The Balaban J connectivity index is 4.53. The molecular formula is C76H120O6. The summed E-state index contributed by atoms with van der Waals surface area (Å²) in [6.07, 6.45) is 101. The van der Waals surface area contributed by atoms with E-state index in [4.69, 9.17) is 14.2 Å². The van der Waals surface area contributed by atoms with Gasteiger partial charge < -0.3 is 14.2 Å². The number of ether oxygens (including phenoxy) is 3. The first-order valence-corrected chi connectivity index (χ1v) is 33.1. The predicted molar refractivity (Wildman–Crippen MR) is 357 cm³/mol. The number of allylic oxidation sites excluding steroid dienone is 27. The lowest BCUT2D eigenvalue weighted by atomic mass is 10.0. The summed E-state index contributed by atoms with van der Waals surface area (Å²) in [4.78, 5) is 38.3. The standard InChI is InChI=1S/C76H120O6/c1-4-7-10-13-16-19-22-25-28-30-32-34-35-36-37-38-39-40-41-42-44-45-48-51-54-57-60-63-66-69-75(78)81-72-73(71-80-74(77)68-65-62-59-56-53-50-47-27-24-21-18-15-12-9-6-3)82-76(79)70-67-64-61-58-55-52-49-46-43-33-31-29-26-23-20-17-14-11-8-5-2/h7,9-10,12,16,18-19,21,25,27-28,32,34,36-37,39-40,42,44,47-48,51,53,56-57,60,62,65,73H,4-6,8,11,13-15,17,20,22-24,26,29-31,33,35,38,41,43,45-46,49-50,52,54-55,58-59,61,63-64,66-72H2,1-3H3/b10-7-,12-9-,19-16-,21-18-,28-25-,34-32-,37-36-,40-39-,44-42-,47-27-,51-48-,56-53-,60-57-,65-62-. The highest BCUT2D eigenvalue weighted by Crippen LogP contribution is 2.16. The second kappa shape index (κ2) is 68.3. The average Bonchev–Trinajstić information content (AvgIpc) is 3.47. The number of carbonyl (C=O) groups excluding carboxylic acids is 3. The third-order valence-corrected chi connectivity index (χ3v) is 13.5. The van der Waals surface area contributed by atoms with Gasteiger partial charge in [0.15, 0.2) is 6.10 Å².